The number of rotatable bonds is 3. The van der Waals surface area contributed by atoms with E-state index in [2.05, 4.69) is 10.5 Å². The molecule has 3 rings (SSSR count). The van der Waals surface area contributed by atoms with Crippen LogP contribution in [0.1, 0.15) is 15.9 Å². The molecule has 0 saturated heterocycles. The predicted octanol–water partition coefficient (Wildman–Crippen LogP) is 5.16. The zero-order chi connectivity index (χ0) is 16.4. The Morgan fingerprint density at radius 2 is 1.83 bits per heavy atom. The molecule has 0 atom stereocenters. The fraction of sp³-hybridized carbons (Fsp3) is 0. The molecule has 1 N–H and O–H groups in total. The van der Waals surface area contributed by atoms with Crippen LogP contribution in [0.15, 0.2) is 52.2 Å². The largest absolute Gasteiger partial charge is 0.462 e. The van der Waals surface area contributed by atoms with Crippen molar-refractivity contribution in [2.75, 3.05) is 0 Å². The van der Waals surface area contributed by atoms with Gasteiger partial charge in [0.1, 0.15) is 6.26 Å². The van der Waals surface area contributed by atoms with Crippen LogP contribution in [0.4, 0.5) is 0 Å². The minimum atomic E-state index is -0.424. The van der Waals surface area contributed by atoms with E-state index in [4.69, 9.17) is 39.2 Å². The highest BCUT2D eigenvalue weighted by Gasteiger charge is 2.16. The number of fused-ring (bicyclic) bond motifs is 1. The number of hydrazone groups is 1. The summed E-state index contributed by atoms with van der Waals surface area (Å²) in [5.74, 6) is -0.424. The molecule has 0 fully saturated rings. The molecule has 3 aromatic rings. The number of carbonyl (C=O) groups excluding carboxylic acids is 1. The molecule has 1 heterocycles. The van der Waals surface area contributed by atoms with Crippen LogP contribution >= 0.6 is 34.8 Å². The summed E-state index contributed by atoms with van der Waals surface area (Å²) < 4.78 is 5.32. The van der Waals surface area contributed by atoms with Gasteiger partial charge in [-0.2, -0.15) is 5.10 Å². The lowest BCUT2D eigenvalue weighted by Gasteiger charge is -1.99. The van der Waals surface area contributed by atoms with Crippen molar-refractivity contribution >= 4 is 57.9 Å². The Morgan fingerprint density at radius 1 is 1.09 bits per heavy atom. The van der Waals surface area contributed by atoms with E-state index in [-0.39, 0.29) is 0 Å². The van der Waals surface area contributed by atoms with Crippen LogP contribution in [0.3, 0.4) is 0 Å². The Hall–Kier alpha value is -2.01. The maximum absolute atomic E-state index is 12.2. The summed E-state index contributed by atoms with van der Waals surface area (Å²) in [7, 11) is 0. The number of amides is 1. The molecule has 0 aliphatic rings. The van der Waals surface area contributed by atoms with Crippen LogP contribution in [-0.4, -0.2) is 12.1 Å². The van der Waals surface area contributed by atoms with Gasteiger partial charge in [-0.25, -0.2) is 5.43 Å². The molecule has 116 valence electrons. The third-order valence-electron chi connectivity index (χ3n) is 3.09. The third-order valence-corrected chi connectivity index (χ3v) is 3.84. The molecule has 0 radical (unpaired) electrons. The summed E-state index contributed by atoms with van der Waals surface area (Å²) in [4.78, 5) is 12.2. The Balaban J connectivity index is 1.80. The second-order valence-corrected chi connectivity index (χ2v) is 5.94. The van der Waals surface area contributed by atoms with Crippen molar-refractivity contribution in [2.45, 2.75) is 0 Å². The molecular weight excluding hydrogens is 359 g/mol. The number of nitrogens with one attached hydrogen (secondary N) is 1. The molecule has 0 aliphatic heterocycles. The van der Waals surface area contributed by atoms with Gasteiger partial charge in [-0.15, -0.1) is 0 Å². The third kappa shape index (κ3) is 3.50. The van der Waals surface area contributed by atoms with Crippen molar-refractivity contribution in [3.05, 3.63) is 68.9 Å². The smallest absolute Gasteiger partial charge is 0.275 e. The van der Waals surface area contributed by atoms with E-state index in [1.165, 1.54) is 12.5 Å². The van der Waals surface area contributed by atoms with Gasteiger partial charge in [-0.3, -0.25) is 4.79 Å². The van der Waals surface area contributed by atoms with Gasteiger partial charge in [0.2, 0.25) is 0 Å². The summed E-state index contributed by atoms with van der Waals surface area (Å²) >= 11 is 17.8. The summed E-state index contributed by atoms with van der Waals surface area (Å²) in [5, 5.41) is 5.83. The zero-order valence-corrected chi connectivity index (χ0v) is 13.8. The van der Waals surface area contributed by atoms with Crippen molar-refractivity contribution in [3.63, 3.8) is 0 Å². The molecule has 23 heavy (non-hydrogen) atoms. The Bertz CT molecular complexity index is 902. The van der Waals surface area contributed by atoms with Gasteiger partial charge >= 0.3 is 0 Å². The number of nitrogens with zero attached hydrogens (tertiary/aromatic N) is 1. The van der Waals surface area contributed by atoms with Crippen LogP contribution in [0.25, 0.3) is 11.0 Å². The first-order valence-corrected chi connectivity index (χ1v) is 7.63. The number of hydrogen-bond acceptors (Lipinski definition) is 3. The highest BCUT2D eigenvalue weighted by atomic mass is 35.5. The van der Waals surface area contributed by atoms with Crippen molar-refractivity contribution in [1.29, 1.82) is 0 Å². The van der Waals surface area contributed by atoms with Crippen LogP contribution in [0, 0.1) is 0 Å². The molecular formula is C16H9Cl3N2O2. The summed E-state index contributed by atoms with van der Waals surface area (Å²) in [6.45, 7) is 0. The topological polar surface area (TPSA) is 54.6 Å². The van der Waals surface area contributed by atoms with E-state index in [0.717, 1.165) is 5.56 Å². The van der Waals surface area contributed by atoms with E-state index in [0.29, 0.717) is 31.6 Å². The quantitative estimate of drug-likeness (QED) is 0.513. The molecule has 2 aromatic carbocycles. The Labute approximate surface area is 146 Å². The summed E-state index contributed by atoms with van der Waals surface area (Å²) in [6, 6.07) is 10.2. The van der Waals surface area contributed by atoms with E-state index in [1.54, 1.807) is 36.4 Å². The highest BCUT2D eigenvalue weighted by Crippen LogP contribution is 2.31. The summed E-state index contributed by atoms with van der Waals surface area (Å²) in [6.07, 6.45) is 2.83. The van der Waals surface area contributed by atoms with Crippen molar-refractivity contribution in [1.82, 2.24) is 5.43 Å². The standard InChI is InChI=1S/C16H9Cl3N2O2/c17-10-3-1-9(2-4-10)7-20-21-16(22)13-8-23-15-12(13)5-11(18)6-14(15)19/h1-8H,(H,21,22)/b20-7+. The Morgan fingerprint density at radius 3 is 2.57 bits per heavy atom. The molecule has 0 saturated carbocycles. The molecule has 1 amide bonds. The maximum Gasteiger partial charge on any atom is 0.275 e. The monoisotopic (exact) mass is 366 g/mol. The lowest BCUT2D eigenvalue weighted by Crippen LogP contribution is -2.17. The van der Waals surface area contributed by atoms with E-state index < -0.39 is 5.91 Å². The SMILES string of the molecule is O=C(N/N=C/c1ccc(Cl)cc1)c1coc2c(Cl)cc(Cl)cc12. The normalized spacial score (nSPS) is 11.3. The first-order chi connectivity index (χ1) is 11.0. The van der Waals surface area contributed by atoms with Crippen LogP contribution in [-0.2, 0) is 0 Å². The lowest BCUT2D eigenvalue weighted by molar-refractivity contribution is 0.0956. The second kappa shape index (κ2) is 6.62. The predicted molar refractivity (Wildman–Crippen MR) is 92.7 cm³/mol. The molecule has 7 heteroatoms. The molecule has 0 spiro atoms. The van der Waals surface area contributed by atoms with E-state index in [9.17, 15) is 4.79 Å². The van der Waals surface area contributed by atoms with Gasteiger partial charge in [-0.1, -0.05) is 46.9 Å². The van der Waals surface area contributed by atoms with Crippen molar-refractivity contribution < 1.29 is 9.21 Å². The number of halogens is 3. The zero-order valence-electron chi connectivity index (χ0n) is 11.5. The van der Waals surface area contributed by atoms with Crippen molar-refractivity contribution in [2.24, 2.45) is 5.10 Å². The van der Waals surface area contributed by atoms with E-state index >= 15 is 0 Å². The van der Waals surface area contributed by atoms with Crippen molar-refractivity contribution in [3.8, 4) is 0 Å². The van der Waals surface area contributed by atoms with Crippen LogP contribution in [0.5, 0.6) is 0 Å². The minimum absolute atomic E-state index is 0.303. The molecule has 0 unspecified atom stereocenters. The fourth-order valence-corrected chi connectivity index (χ4v) is 2.68. The lowest BCUT2D eigenvalue weighted by atomic mass is 10.1. The second-order valence-electron chi connectivity index (χ2n) is 4.66. The number of carbonyl (C=O) groups is 1. The number of benzene rings is 2. The van der Waals surface area contributed by atoms with Crippen LogP contribution in [0.2, 0.25) is 15.1 Å². The van der Waals surface area contributed by atoms with Gasteiger partial charge in [0.05, 0.1) is 16.8 Å². The highest BCUT2D eigenvalue weighted by molar-refractivity contribution is 6.38. The molecule has 1 aromatic heterocycles. The molecule has 0 bridgehead atoms. The van der Waals surface area contributed by atoms with Crippen LogP contribution < -0.4 is 5.43 Å². The number of furan rings is 1. The van der Waals surface area contributed by atoms with Gasteiger partial charge in [0.25, 0.3) is 5.91 Å². The molecule has 4 nitrogen and oxygen atoms in total. The van der Waals surface area contributed by atoms with Gasteiger partial charge in [-0.05, 0) is 29.8 Å². The number of hydrogen-bond donors (Lipinski definition) is 1. The van der Waals surface area contributed by atoms with Gasteiger partial charge in [0.15, 0.2) is 5.58 Å². The van der Waals surface area contributed by atoms with E-state index in [1.807, 2.05) is 0 Å². The maximum atomic E-state index is 12.2. The van der Waals surface area contributed by atoms with Gasteiger partial charge in [0, 0.05) is 15.4 Å². The first kappa shape index (κ1) is 15.9. The Kier molecular flexibility index (Phi) is 4.57. The minimum Gasteiger partial charge on any atom is -0.462 e. The fourth-order valence-electron chi connectivity index (χ4n) is 2.01. The average molecular weight is 368 g/mol. The average Bonchev–Trinajstić information content (AvgIpc) is 2.93. The van der Waals surface area contributed by atoms with Gasteiger partial charge < -0.3 is 4.42 Å². The first-order valence-electron chi connectivity index (χ1n) is 6.50. The summed E-state index contributed by atoms with van der Waals surface area (Å²) in [5.41, 5.74) is 3.94. The molecule has 0 aliphatic carbocycles.